The van der Waals surface area contributed by atoms with E-state index in [1.807, 2.05) is 11.9 Å². The number of rotatable bonds is 4. The molecule has 0 radical (unpaired) electrons. The third-order valence-electron chi connectivity index (χ3n) is 5.57. The number of anilines is 1. The zero-order valence-corrected chi connectivity index (χ0v) is 18.5. The minimum atomic E-state index is -3.92. The number of para-hydroxylation sites is 1. The molecule has 0 unspecified atom stereocenters. The summed E-state index contributed by atoms with van der Waals surface area (Å²) in [5.41, 5.74) is 0.911. The minimum Gasteiger partial charge on any atom is -0.362 e. The van der Waals surface area contributed by atoms with Gasteiger partial charge in [-0.3, -0.25) is 9.59 Å². The van der Waals surface area contributed by atoms with Gasteiger partial charge in [-0.05, 0) is 36.8 Å². The van der Waals surface area contributed by atoms with E-state index in [1.54, 1.807) is 30.3 Å². The summed E-state index contributed by atoms with van der Waals surface area (Å²) >= 11 is 0. The number of carbonyl (C=O) groups is 1. The molecule has 33 heavy (non-hydrogen) atoms. The fourth-order valence-corrected chi connectivity index (χ4v) is 5.02. The van der Waals surface area contributed by atoms with E-state index in [1.165, 1.54) is 28.9 Å². The van der Waals surface area contributed by atoms with Crippen LogP contribution in [0.3, 0.4) is 0 Å². The van der Waals surface area contributed by atoms with E-state index in [-0.39, 0.29) is 27.4 Å². The Morgan fingerprint density at radius 2 is 2.00 bits per heavy atom. The van der Waals surface area contributed by atoms with E-state index < -0.39 is 15.9 Å². The van der Waals surface area contributed by atoms with Crippen LogP contribution in [0.2, 0.25) is 0 Å². The number of fused-ring (bicyclic) bond motifs is 3. The van der Waals surface area contributed by atoms with Crippen LogP contribution in [0, 0.1) is 0 Å². The van der Waals surface area contributed by atoms with E-state index in [9.17, 15) is 18.0 Å². The SMILES string of the molecule is CN1CCC/C1=N\S(=O)(=O)c1cccc(NC(=O)c2cnn3c2[nH]c(=O)c2ccccc23)c1. The van der Waals surface area contributed by atoms with Crippen molar-refractivity contribution in [3.8, 4) is 0 Å². The van der Waals surface area contributed by atoms with Gasteiger partial charge in [0.25, 0.3) is 21.5 Å². The first-order chi connectivity index (χ1) is 15.8. The second kappa shape index (κ2) is 7.85. The maximum Gasteiger partial charge on any atom is 0.284 e. The van der Waals surface area contributed by atoms with E-state index in [2.05, 4.69) is 19.8 Å². The van der Waals surface area contributed by atoms with Gasteiger partial charge in [0, 0.05) is 25.7 Å². The second-order valence-corrected chi connectivity index (χ2v) is 9.38. The predicted molar refractivity (Wildman–Crippen MR) is 124 cm³/mol. The van der Waals surface area contributed by atoms with Gasteiger partial charge in [0.1, 0.15) is 17.0 Å². The molecule has 1 aliphatic heterocycles. The van der Waals surface area contributed by atoms with Crippen molar-refractivity contribution in [3.63, 3.8) is 0 Å². The number of hydrogen-bond donors (Lipinski definition) is 2. The molecule has 2 N–H and O–H groups in total. The van der Waals surface area contributed by atoms with Gasteiger partial charge in [-0.15, -0.1) is 4.40 Å². The summed E-state index contributed by atoms with van der Waals surface area (Å²) < 4.78 is 31.0. The highest BCUT2D eigenvalue weighted by Gasteiger charge is 2.21. The van der Waals surface area contributed by atoms with E-state index >= 15 is 0 Å². The van der Waals surface area contributed by atoms with Crippen molar-refractivity contribution < 1.29 is 13.2 Å². The number of aromatic amines is 1. The number of nitrogens with one attached hydrogen (secondary N) is 2. The Morgan fingerprint density at radius 3 is 2.79 bits per heavy atom. The molecule has 1 amide bonds. The van der Waals surface area contributed by atoms with Crippen molar-refractivity contribution in [1.82, 2.24) is 19.5 Å². The van der Waals surface area contributed by atoms with Crippen LogP contribution in [0.4, 0.5) is 5.69 Å². The highest BCUT2D eigenvalue weighted by Crippen LogP contribution is 2.21. The smallest absolute Gasteiger partial charge is 0.284 e. The molecule has 168 valence electrons. The lowest BCUT2D eigenvalue weighted by molar-refractivity contribution is 0.102. The zero-order chi connectivity index (χ0) is 23.2. The van der Waals surface area contributed by atoms with E-state index in [0.717, 1.165) is 13.0 Å². The number of benzene rings is 2. The van der Waals surface area contributed by atoms with Crippen LogP contribution >= 0.6 is 0 Å². The van der Waals surface area contributed by atoms with Gasteiger partial charge in [-0.1, -0.05) is 18.2 Å². The van der Waals surface area contributed by atoms with Crippen molar-refractivity contribution in [2.24, 2.45) is 4.40 Å². The van der Waals surface area contributed by atoms with Crippen molar-refractivity contribution in [2.45, 2.75) is 17.7 Å². The van der Waals surface area contributed by atoms with Gasteiger partial charge in [0.2, 0.25) is 0 Å². The van der Waals surface area contributed by atoms with Gasteiger partial charge < -0.3 is 15.2 Å². The Balaban J connectivity index is 1.47. The van der Waals surface area contributed by atoms with E-state index in [4.69, 9.17) is 0 Å². The first-order valence-corrected chi connectivity index (χ1v) is 11.7. The van der Waals surface area contributed by atoms with Crippen LogP contribution in [-0.2, 0) is 10.0 Å². The first-order valence-electron chi connectivity index (χ1n) is 10.3. The molecule has 2 aromatic carbocycles. The number of amidine groups is 1. The summed E-state index contributed by atoms with van der Waals surface area (Å²) in [4.78, 5) is 29.9. The van der Waals surface area contributed by atoms with Crippen LogP contribution in [0.25, 0.3) is 16.6 Å². The maximum atomic E-state index is 12.9. The molecule has 1 fully saturated rings. The zero-order valence-electron chi connectivity index (χ0n) is 17.6. The lowest BCUT2D eigenvalue weighted by atomic mass is 10.2. The molecule has 0 bridgehead atoms. The highest BCUT2D eigenvalue weighted by atomic mass is 32.2. The number of sulfonamides is 1. The molecule has 1 saturated heterocycles. The Bertz CT molecular complexity index is 1600. The molecule has 5 rings (SSSR count). The Kier molecular flexibility index (Phi) is 4.97. The second-order valence-electron chi connectivity index (χ2n) is 7.78. The summed E-state index contributed by atoms with van der Waals surface area (Å²) in [5, 5.41) is 7.37. The molecule has 10 nitrogen and oxygen atoms in total. The van der Waals surface area contributed by atoms with Crippen LogP contribution in [-0.4, -0.2) is 53.3 Å². The fraction of sp³-hybridized carbons (Fsp3) is 0.182. The molecular formula is C22H20N6O4S. The molecule has 11 heteroatoms. The summed E-state index contributed by atoms with van der Waals surface area (Å²) in [6.07, 6.45) is 2.82. The largest absolute Gasteiger partial charge is 0.362 e. The normalized spacial score (nSPS) is 15.5. The molecule has 0 atom stereocenters. The summed E-state index contributed by atoms with van der Waals surface area (Å²) in [6.45, 7) is 0.765. The van der Waals surface area contributed by atoms with Gasteiger partial charge in [-0.2, -0.15) is 13.5 Å². The summed E-state index contributed by atoms with van der Waals surface area (Å²) in [6, 6.07) is 12.8. The monoisotopic (exact) mass is 464 g/mol. The number of hydrogen-bond acceptors (Lipinski definition) is 5. The topological polar surface area (TPSA) is 129 Å². The first kappa shape index (κ1) is 20.9. The number of aromatic nitrogens is 3. The Hall–Kier alpha value is -3.99. The van der Waals surface area contributed by atoms with Crippen molar-refractivity contribution >= 4 is 44.0 Å². The molecule has 2 aromatic heterocycles. The predicted octanol–water partition coefficient (Wildman–Crippen LogP) is 2.24. The molecule has 4 aromatic rings. The minimum absolute atomic E-state index is 0.0210. The number of nitrogens with zero attached hydrogens (tertiary/aromatic N) is 4. The van der Waals surface area contributed by atoms with Crippen LogP contribution in [0.5, 0.6) is 0 Å². The maximum absolute atomic E-state index is 12.9. The van der Waals surface area contributed by atoms with E-state index in [0.29, 0.717) is 23.2 Å². The number of H-pyrrole nitrogens is 1. The number of carbonyl (C=O) groups excluding carboxylic acids is 1. The van der Waals surface area contributed by atoms with Crippen molar-refractivity contribution in [1.29, 1.82) is 0 Å². The Labute approximate surface area is 188 Å². The highest BCUT2D eigenvalue weighted by molar-refractivity contribution is 7.90. The molecule has 0 aliphatic carbocycles. The fourth-order valence-electron chi connectivity index (χ4n) is 3.88. The third-order valence-corrected chi connectivity index (χ3v) is 6.87. The average Bonchev–Trinajstić information content (AvgIpc) is 3.40. The standard InChI is InChI=1S/C22H20N6O4S/c1-27-11-5-10-19(27)26-33(31,32)15-7-4-6-14(12-15)24-22(30)17-13-23-28-18-9-3-2-8-16(18)21(29)25-20(17)28/h2-4,6-9,12-13H,5,10-11H2,1H3,(H,24,30)(H,25,29)/b26-19+. The quantitative estimate of drug-likeness (QED) is 0.477. The van der Waals surface area contributed by atoms with Crippen LogP contribution in [0.1, 0.15) is 23.2 Å². The number of amides is 1. The molecule has 0 saturated carbocycles. The Morgan fingerprint density at radius 1 is 1.18 bits per heavy atom. The average molecular weight is 465 g/mol. The lowest BCUT2D eigenvalue weighted by Gasteiger charge is -2.11. The summed E-state index contributed by atoms with van der Waals surface area (Å²) in [5.74, 6) is -0.0145. The lowest BCUT2D eigenvalue weighted by Crippen LogP contribution is -2.20. The number of likely N-dealkylation sites (tertiary alicyclic amines) is 1. The summed E-state index contributed by atoms with van der Waals surface area (Å²) in [7, 11) is -2.11. The molecule has 3 heterocycles. The van der Waals surface area contributed by atoms with Crippen molar-refractivity contribution in [2.75, 3.05) is 18.9 Å². The van der Waals surface area contributed by atoms with Gasteiger partial charge >= 0.3 is 0 Å². The van der Waals surface area contributed by atoms with Gasteiger partial charge in [-0.25, -0.2) is 4.52 Å². The van der Waals surface area contributed by atoms with Crippen LogP contribution < -0.4 is 10.9 Å². The van der Waals surface area contributed by atoms with Crippen molar-refractivity contribution in [3.05, 3.63) is 70.6 Å². The molecular weight excluding hydrogens is 444 g/mol. The van der Waals surface area contributed by atoms with Gasteiger partial charge in [0.05, 0.1) is 22.0 Å². The third kappa shape index (κ3) is 3.76. The van der Waals surface area contributed by atoms with Crippen LogP contribution in [0.15, 0.2) is 68.8 Å². The van der Waals surface area contributed by atoms with Gasteiger partial charge in [0.15, 0.2) is 0 Å². The molecule has 0 spiro atoms. The molecule has 1 aliphatic rings.